The second-order valence-corrected chi connectivity index (χ2v) is 4.47. The number of nitrogens with zero attached hydrogens (tertiary/aromatic N) is 4. The van der Waals surface area contributed by atoms with E-state index in [2.05, 4.69) is 10.1 Å². The summed E-state index contributed by atoms with van der Waals surface area (Å²) in [5.41, 5.74) is 1.45. The van der Waals surface area contributed by atoms with Crippen LogP contribution in [0, 0.1) is 0 Å². The molecule has 0 saturated carbocycles. The van der Waals surface area contributed by atoms with E-state index in [-0.39, 0.29) is 5.56 Å². The van der Waals surface area contributed by atoms with Gasteiger partial charge < -0.3 is 0 Å². The van der Waals surface area contributed by atoms with Gasteiger partial charge in [0.25, 0.3) is 5.56 Å². The van der Waals surface area contributed by atoms with Crippen molar-refractivity contribution in [3.05, 3.63) is 71.3 Å². The number of benzene rings is 2. The Bertz CT molecular complexity index is 969. The zero-order chi connectivity index (χ0) is 13.5. The molecule has 0 spiro atoms. The maximum absolute atomic E-state index is 12.7. The van der Waals surface area contributed by atoms with E-state index in [4.69, 9.17) is 0 Å². The second-order valence-electron chi connectivity index (χ2n) is 4.47. The molecule has 20 heavy (non-hydrogen) atoms. The molecule has 0 fully saturated rings. The maximum Gasteiger partial charge on any atom is 0.267 e. The van der Waals surface area contributed by atoms with Crippen molar-refractivity contribution in [1.82, 2.24) is 19.2 Å². The lowest BCUT2D eigenvalue weighted by molar-refractivity contribution is 0.918. The van der Waals surface area contributed by atoms with Gasteiger partial charge in [-0.15, -0.1) is 0 Å². The summed E-state index contributed by atoms with van der Waals surface area (Å²) >= 11 is 0. The van der Waals surface area contributed by atoms with Crippen LogP contribution in [0.15, 0.2) is 65.7 Å². The molecule has 0 N–H and O–H groups in total. The van der Waals surface area contributed by atoms with Gasteiger partial charge in [0.05, 0.1) is 16.6 Å². The molecule has 2 aromatic heterocycles. The predicted molar refractivity (Wildman–Crippen MR) is 76.1 cm³/mol. The Balaban J connectivity index is 2.27. The first-order valence-corrected chi connectivity index (χ1v) is 6.25. The largest absolute Gasteiger partial charge is 0.268 e. The van der Waals surface area contributed by atoms with Gasteiger partial charge in [0.1, 0.15) is 6.33 Å². The summed E-state index contributed by atoms with van der Waals surface area (Å²) in [5, 5.41) is 4.84. The highest BCUT2D eigenvalue weighted by Crippen LogP contribution is 2.14. The quantitative estimate of drug-likeness (QED) is 0.527. The first-order chi connectivity index (χ1) is 9.86. The first kappa shape index (κ1) is 10.9. The van der Waals surface area contributed by atoms with E-state index >= 15 is 0 Å². The van der Waals surface area contributed by atoms with E-state index in [1.807, 2.05) is 48.5 Å². The minimum atomic E-state index is -0.0905. The number of rotatable bonds is 1. The van der Waals surface area contributed by atoms with E-state index in [0.29, 0.717) is 11.2 Å². The number of para-hydroxylation sites is 2. The van der Waals surface area contributed by atoms with Crippen LogP contribution in [0.3, 0.4) is 0 Å². The zero-order valence-electron chi connectivity index (χ0n) is 10.5. The molecule has 2 aromatic carbocycles. The molecule has 4 rings (SSSR count). The summed E-state index contributed by atoms with van der Waals surface area (Å²) in [7, 11) is 0. The van der Waals surface area contributed by atoms with Gasteiger partial charge in [-0.3, -0.25) is 4.79 Å². The van der Waals surface area contributed by atoms with Crippen LogP contribution in [0.1, 0.15) is 0 Å². The van der Waals surface area contributed by atoms with Crippen molar-refractivity contribution in [1.29, 1.82) is 0 Å². The van der Waals surface area contributed by atoms with E-state index < -0.39 is 0 Å². The third-order valence-electron chi connectivity index (χ3n) is 3.31. The van der Waals surface area contributed by atoms with E-state index in [0.717, 1.165) is 11.2 Å². The lowest BCUT2D eigenvalue weighted by Gasteiger charge is -2.09. The van der Waals surface area contributed by atoms with Crippen molar-refractivity contribution in [3.63, 3.8) is 0 Å². The van der Waals surface area contributed by atoms with Crippen LogP contribution in [0.25, 0.3) is 22.4 Å². The van der Waals surface area contributed by atoms with Crippen molar-refractivity contribution in [2.45, 2.75) is 0 Å². The lowest BCUT2D eigenvalue weighted by Crippen LogP contribution is -2.21. The lowest BCUT2D eigenvalue weighted by atomic mass is 10.2. The first-order valence-electron chi connectivity index (χ1n) is 6.25. The SMILES string of the molecule is O=c1c2ccccc2n2ncnc2n1-c1ccccc1. The molecule has 96 valence electrons. The van der Waals surface area contributed by atoms with Gasteiger partial charge in [0, 0.05) is 0 Å². The third-order valence-corrected chi connectivity index (χ3v) is 3.31. The highest BCUT2D eigenvalue weighted by Gasteiger charge is 2.12. The molecular weight excluding hydrogens is 252 g/mol. The molecule has 0 aliphatic heterocycles. The summed E-state index contributed by atoms with van der Waals surface area (Å²) in [6.07, 6.45) is 1.46. The van der Waals surface area contributed by atoms with Crippen molar-refractivity contribution in [2.24, 2.45) is 0 Å². The van der Waals surface area contributed by atoms with Crippen LogP contribution in [0.5, 0.6) is 0 Å². The molecule has 0 saturated heterocycles. The van der Waals surface area contributed by atoms with Crippen molar-refractivity contribution >= 4 is 16.7 Å². The Hall–Kier alpha value is -2.95. The minimum absolute atomic E-state index is 0.0905. The Labute approximate surface area is 113 Å². The Morgan fingerprint density at radius 1 is 0.900 bits per heavy atom. The average Bonchev–Trinajstić information content (AvgIpc) is 2.98. The van der Waals surface area contributed by atoms with E-state index in [1.54, 1.807) is 15.1 Å². The fraction of sp³-hybridized carbons (Fsp3) is 0. The van der Waals surface area contributed by atoms with Gasteiger partial charge in [0.15, 0.2) is 0 Å². The Morgan fingerprint density at radius 3 is 2.50 bits per heavy atom. The molecule has 5 nitrogen and oxygen atoms in total. The second kappa shape index (κ2) is 4.03. The fourth-order valence-corrected chi connectivity index (χ4v) is 2.42. The summed E-state index contributed by atoms with van der Waals surface area (Å²) in [6.45, 7) is 0. The Morgan fingerprint density at radius 2 is 1.65 bits per heavy atom. The predicted octanol–water partition coefficient (Wildman–Crippen LogP) is 2.03. The van der Waals surface area contributed by atoms with Crippen molar-refractivity contribution in [3.8, 4) is 5.69 Å². The molecule has 0 radical (unpaired) electrons. The number of hydrogen-bond acceptors (Lipinski definition) is 3. The van der Waals surface area contributed by atoms with Crippen LogP contribution in [0.4, 0.5) is 0 Å². The average molecular weight is 262 g/mol. The number of aromatic nitrogens is 4. The fourth-order valence-electron chi connectivity index (χ4n) is 2.42. The number of hydrogen-bond donors (Lipinski definition) is 0. The third kappa shape index (κ3) is 1.40. The topological polar surface area (TPSA) is 52.2 Å². The molecule has 0 aliphatic carbocycles. The van der Waals surface area contributed by atoms with Gasteiger partial charge in [-0.25, -0.2) is 4.57 Å². The van der Waals surface area contributed by atoms with Gasteiger partial charge >= 0.3 is 0 Å². The van der Waals surface area contributed by atoms with Gasteiger partial charge in [-0.1, -0.05) is 30.3 Å². The highest BCUT2D eigenvalue weighted by atomic mass is 16.1. The summed E-state index contributed by atoms with van der Waals surface area (Å²) in [6, 6.07) is 16.9. The van der Waals surface area contributed by atoms with Crippen LogP contribution in [-0.4, -0.2) is 19.2 Å². The molecule has 4 aromatic rings. The van der Waals surface area contributed by atoms with Crippen LogP contribution in [0.2, 0.25) is 0 Å². The molecule has 0 atom stereocenters. The molecule has 2 heterocycles. The summed E-state index contributed by atoms with van der Waals surface area (Å²) in [5.74, 6) is 0.514. The standard InChI is InChI=1S/C15H10N4O/c20-14-12-8-4-5-9-13(12)19-15(16-10-17-19)18(14)11-6-2-1-3-7-11/h1-10H. The smallest absolute Gasteiger partial charge is 0.267 e. The molecule has 0 amide bonds. The van der Waals surface area contributed by atoms with Gasteiger partial charge in [-0.2, -0.15) is 14.6 Å². The zero-order valence-corrected chi connectivity index (χ0v) is 10.5. The van der Waals surface area contributed by atoms with Crippen molar-refractivity contribution in [2.75, 3.05) is 0 Å². The van der Waals surface area contributed by atoms with E-state index in [9.17, 15) is 4.79 Å². The summed E-state index contributed by atoms with van der Waals surface area (Å²) < 4.78 is 3.26. The Kier molecular flexibility index (Phi) is 2.20. The maximum atomic E-state index is 12.7. The van der Waals surface area contributed by atoms with Gasteiger partial charge in [-0.05, 0) is 24.3 Å². The normalized spacial score (nSPS) is 11.2. The minimum Gasteiger partial charge on any atom is -0.268 e. The highest BCUT2D eigenvalue weighted by molar-refractivity contribution is 5.80. The van der Waals surface area contributed by atoms with Crippen LogP contribution < -0.4 is 5.56 Å². The molecule has 0 unspecified atom stereocenters. The van der Waals surface area contributed by atoms with Crippen LogP contribution >= 0.6 is 0 Å². The van der Waals surface area contributed by atoms with Gasteiger partial charge in [0.2, 0.25) is 5.78 Å². The van der Waals surface area contributed by atoms with Crippen LogP contribution in [-0.2, 0) is 0 Å². The molecule has 5 heteroatoms. The molecular formula is C15H10N4O. The number of fused-ring (bicyclic) bond motifs is 3. The summed E-state index contributed by atoms with van der Waals surface area (Å²) in [4.78, 5) is 16.9. The molecule has 0 aliphatic rings. The molecule has 0 bridgehead atoms. The van der Waals surface area contributed by atoms with E-state index in [1.165, 1.54) is 6.33 Å². The monoisotopic (exact) mass is 262 g/mol. The van der Waals surface area contributed by atoms with Crippen molar-refractivity contribution < 1.29 is 0 Å².